The van der Waals surface area contributed by atoms with Crippen LogP contribution in [-0.2, 0) is 0 Å². The van der Waals surface area contributed by atoms with Crippen LogP contribution in [0.2, 0.25) is 0 Å². The highest BCUT2D eigenvalue weighted by Gasteiger charge is 2.28. The molecule has 0 aliphatic heterocycles. The summed E-state index contributed by atoms with van der Waals surface area (Å²) >= 11 is 0. The Kier molecular flexibility index (Phi) is 4.61. The fourth-order valence-electron chi connectivity index (χ4n) is 3.19. The smallest absolute Gasteiger partial charge is 0.141 e. The van der Waals surface area contributed by atoms with Crippen LogP contribution in [0.3, 0.4) is 0 Å². The minimum absolute atomic E-state index is 0.263. The molecule has 1 aliphatic rings. The highest BCUT2D eigenvalue weighted by Crippen LogP contribution is 2.37. The Bertz CT molecular complexity index is 366. The SMILES string of the molecule is CC(NC1CCCC(C(C)(C)C)CC1)c1ncn[nH]1. The molecule has 3 atom stereocenters. The fourth-order valence-corrected chi connectivity index (χ4v) is 3.19. The molecule has 2 rings (SSSR count). The van der Waals surface area contributed by atoms with E-state index in [-0.39, 0.29) is 6.04 Å². The molecule has 19 heavy (non-hydrogen) atoms. The molecule has 0 aromatic carbocycles. The fraction of sp³-hybridized carbons (Fsp3) is 0.867. The number of hydrogen-bond acceptors (Lipinski definition) is 3. The lowest BCUT2D eigenvalue weighted by Gasteiger charge is -2.30. The minimum Gasteiger partial charge on any atom is -0.305 e. The van der Waals surface area contributed by atoms with E-state index in [9.17, 15) is 0 Å². The predicted molar refractivity (Wildman–Crippen MR) is 77.8 cm³/mol. The first-order valence-electron chi connectivity index (χ1n) is 7.58. The first-order valence-corrected chi connectivity index (χ1v) is 7.58. The van der Waals surface area contributed by atoms with E-state index < -0.39 is 0 Å². The summed E-state index contributed by atoms with van der Waals surface area (Å²) in [5.41, 5.74) is 0.450. The van der Waals surface area contributed by atoms with Gasteiger partial charge in [0.15, 0.2) is 0 Å². The molecule has 1 aromatic rings. The van der Waals surface area contributed by atoms with E-state index in [1.54, 1.807) is 6.33 Å². The Morgan fingerprint density at radius 1 is 1.26 bits per heavy atom. The van der Waals surface area contributed by atoms with Crippen LogP contribution in [0.5, 0.6) is 0 Å². The molecule has 0 amide bonds. The van der Waals surface area contributed by atoms with Crippen molar-refractivity contribution in [2.75, 3.05) is 0 Å². The third kappa shape index (κ3) is 4.03. The second-order valence-corrected chi connectivity index (χ2v) is 7.03. The summed E-state index contributed by atoms with van der Waals surface area (Å²) < 4.78 is 0. The quantitative estimate of drug-likeness (QED) is 0.822. The second-order valence-electron chi connectivity index (χ2n) is 7.03. The summed E-state index contributed by atoms with van der Waals surface area (Å²) in [5, 5.41) is 10.6. The van der Waals surface area contributed by atoms with E-state index in [4.69, 9.17) is 0 Å². The molecule has 0 radical (unpaired) electrons. The monoisotopic (exact) mass is 264 g/mol. The van der Waals surface area contributed by atoms with Gasteiger partial charge in [-0.1, -0.05) is 27.2 Å². The molecule has 1 heterocycles. The maximum atomic E-state index is 4.23. The molecular formula is C15H28N4. The van der Waals surface area contributed by atoms with Gasteiger partial charge in [0.25, 0.3) is 0 Å². The highest BCUT2D eigenvalue weighted by atomic mass is 15.2. The van der Waals surface area contributed by atoms with Crippen molar-refractivity contribution < 1.29 is 0 Å². The molecular weight excluding hydrogens is 236 g/mol. The standard InChI is InChI=1S/C15H28N4/c1-11(14-16-10-17-19-14)18-13-7-5-6-12(8-9-13)15(2,3)4/h10-13,18H,5-9H2,1-4H3,(H,16,17,19). The molecule has 0 saturated heterocycles. The van der Waals surface area contributed by atoms with E-state index in [0.29, 0.717) is 11.5 Å². The van der Waals surface area contributed by atoms with Crippen LogP contribution in [0.25, 0.3) is 0 Å². The Morgan fingerprint density at radius 2 is 2.05 bits per heavy atom. The first kappa shape index (κ1) is 14.5. The third-order valence-corrected chi connectivity index (χ3v) is 4.52. The van der Waals surface area contributed by atoms with Crippen LogP contribution in [0.1, 0.15) is 71.7 Å². The number of nitrogens with one attached hydrogen (secondary N) is 2. The zero-order valence-electron chi connectivity index (χ0n) is 12.7. The number of hydrogen-bond donors (Lipinski definition) is 2. The molecule has 1 fully saturated rings. The van der Waals surface area contributed by atoms with Crippen LogP contribution >= 0.6 is 0 Å². The van der Waals surface area contributed by atoms with Crippen LogP contribution in [-0.4, -0.2) is 21.2 Å². The Morgan fingerprint density at radius 3 is 2.68 bits per heavy atom. The van der Waals surface area contributed by atoms with Crippen LogP contribution in [0, 0.1) is 11.3 Å². The first-order chi connectivity index (χ1) is 8.97. The molecule has 3 unspecified atom stereocenters. The Balaban J connectivity index is 1.86. The van der Waals surface area contributed by atoms with Crippen molar-refractivity contribution in [1.82, 2.24) is 20.5 Å². The van der Waals surface area contributed by atoms with Crippen LogP contribution < -0.4 is 5.32 Å². The van der Waals surface area contributed by atoms with Crippen LogP contribution in [0.15, 0.2) is 6.33 Å². The van der Waals surface area contributed by atoms with Crippen molar-refractivity contribution in [3.05, 3.63) is 12.2 Å². The van der Waals surface area contributed by atoms with Crippen molar-refractivity contribution in [2.45, 2.75) is 71.9 Å². The number of aromatic amines is 1. The highest BCUT2D eigenvalue weighted by molar-refractivity contribution is 4.91. The van der Waals surface area contributed by atoms with Gasteiger partial charge in [0.05, 0.1) is 6.04 Å². The van der Waals surface area contributed by atoms with Crippen molar-refractivity contribution in [1.29, 1.82) is 0 Å². The van der Waals surface area contributed by atoms with Crippen molar-refractivity contribution in [3.63, 3.8) is 0 Å². The molecule has 4 nitrogen and oxygen atoms in total. The minimum atomic E-state index is 0.263. The summed E-state index contributed by atoms with van der Waals surface area (Å²) in [6.07, 6.45) is 8.19. The van der Waals surface area contributed by atoms with Gasteiger partial charge in [0.2, 0.25) is 0 Å². The third-order valence-electron chi connectivity index (χ3n) is 4.52. The normalized spacial score (nSPS) is 26.9. The zero-order valence-corrected chi connectivity index (χ0v) is 12.7. The molecule has 4 heteroatoms. The summed E-state index contributed by atoms with van der Waals surface area (Å²) in [7, 11) is 0. The van der Waals surface area contributed by atoms with E-state index in [1.165, 1.54) is 32.1 Å². The maximum absolute atomic E-state index is 4.23. The molecule has 0 bridgehead atoms. The lowest BCUT2D eigenvalue weighted by atomic mass is 9.76. The molecule has 1 saturated carbocycles. The van der Waals surface area contributed by atoms with Gasteiger partial charge in [0.1, 0.15) is 12.2 Å². The van der Waals surface area contributed by atoms with Crippen molar-refractivity contribution in [2.24, 2.45) is 11.3 Å². The topological polar surface area (TPSA) is 53.6 Å². The number of H-pyrrole nitrogens is 1. The Hall–Kier alpha value is -0.900. The van der Waals surface area contributed by atoms with E-state index in [0.717, 1.165) is 11.7 Å². The molecule has 2 N–H and O–H groups in total. The average Bonchev–Trinajstić information content (AvgIpc) is 2.75. The lowest BCUT2D eigenvalue weighted by molar-refractivity contribution is 0.213. The van der Waals surface area contributed by atoms with Gasteiger partial charge in [-0.05, 0) is 43.9 Å². The second kappa shape index (κ2) is 6.04. The number of aromatic nitrogens is 3. The van der Waals surface area contributed by atoms with Gasteiger partial charge in [-0.2, -0.15) is 5.10 Å². The molecule has 0 spiro atoms. The van der Waals surface area contributed by atoms with Gasteiger partial charge < -0.3 is 5.32 Å². The maximum Gasteiger partial charge on any atom is 0.141 e. The van der Waals surface area contributed by atoms with E-state index >= 15 is 0 Å². The number of rotatable bonds is 3. The zero-order chi connectivity index (χ0) is 13.9. The average molecular weight is 264 g/mol. The van der Waals surface area contributed by atoms with Crippen LogP contribution in [0.4, 0.5) is 0 Å². The van der Waals surface area contributed by atoms with Gasteiger partial charge in [-0.3, -0.25) is 5.10 Å². The summed E-state index contributed by atoms with van der Waals surface area (Å²) in [4.78, 5) is 4.23. The summed E-state index contributed by atoms with van der Waals surface area (Å²) in [6, 6.07) is 0.881. The summed E-state index contributed by atoms with van der Waals surface area (Å²) in [5.74, 6) is 1.80. The summed E-state index contributed by atoms with van der Waals surface area (Å²) in [6.45, 7) is 9.29. The largest absolute Gasteiger partial charge is 0.305 e. The Labute approximate surface area is 116 Å². The van der Waals surface area contributed by atoms with Crippen molar-refractivity contribution in [3.8, 4) is 0 Å². The predicted octanol–water partition coefficient (Wildman–Crippen LogP) is 3.45. The number of nitrogens with zero attached hydrogens (tertiary/aromatic N) is 2. The molecule has 108 valence electrons. The van der Waals surface area contributed by atoms with Gasteiger partial charge in [0, 0.05) is 6.04 Å². The van der Waals surface area contributed by atoms with Gasteiger partial charge >= 0.3 is 0 Å². The van der Waals surface area contributed by atoms with E-state index in [1.807, 2.05) is 0 Å². The molecule has 1 aromatic heterocycles. The van der Waals surface area contributed by atoms with Crippen molar-refractivity contribution >= 4 is 0 Å². The molecule has 1 aliphatic carbocycles. The van der Waals surface area contributed by atoms with Gasteiger partial charge in [-0.15, -0.1) is 0 Å². The lowest BCUT2D eigenvalue weighted by Crippen LogP contribution is -2.32. The van der Waals surface area contributed by atoms with Gasteiger partial charge in [-0.25, -0.2) is 4.98 Å². The van der Waals surface area contributed by atoms with E-state index in [2.05, 4.69) is 48.2 Å².